The van der Waals surface area contributed by atoms with Crippen molar-refractivity contribution < 1.29 is 4.74 Å². The summed E-state index contributed by atoms with van der Waals surface area (Å²) >= 11 is 0. The van der Waals surface area contributed by atoms with Crippen molar-refractivity contribution in [3.05, 3.63) is 18.6 Å². The highest BCUT2D eigenvalue weighted by molar-refractivity contribution is 5.86. The van der Waals surface area contributed by atoms with Gasteiger partial charge >= 0.3 is 0 Å². The first-order valence-electron chi connectivity index (χ1n) is 6.12. The number of fused-ring (bicyclic) bond motifs is 1. The second-order valence-electron chi connectivity index (χ2n) is 4.53. The Morgan fingerprint density at radius 3 is 3.22 bits per heavy atom. The zero-order valence-corrected chi connectivity index (χ0v) is 10.4. The number of nitrogens with two attached hydrogens (primary N) is 1. The number of aromatic nitrogens is 3. The number of pyridine rings is 1. The molecule has 0 spiro atoms. The minimum absolute atomic E-state index is 0.0829. The van der Waals surface area contributed by atoms with E-state index in [1.807, 2.05) is 30.2 Å². The quantitative estimate of drug-likeness (QED) is 0.817. The number of rotatable bonds is 2. The number of nitrogens with zero attached hydrogens (tertiary/aromatic N) is 4. The molecule has 1 saturated heterocycles. The van der Waals surface area contributed by atoms with Crippen molar-refractivity contribution in [2.24, 2.45) is 12.8 Å². The van der Waals surface area contributed by atoms with Gasteiger partial charge in [-0.2, -0.15) is 0 Å². The van der Waals surface area contributed by atoms with Crippen molar-refractivity contribution in [1.29, 1.82) is 0 Å². The van der Waals surface area contributed by atoms with E-state index in [-0.39, 0.29) is 6.10 Å². The fraction of sp³-hybridized carbons (Fsp3) is 0.500. The molecule has 3 heterocycles. The Labute approximate surface area is 105 Å². The summed E-state index contributed by atoms with van der Waals surface area (Å²) in [5, 5.41) is 0. The highest BCUT2D eigenvalue weighted by atomic mass is 16.5. The molecule has 0 aliphatic carbocycles. The average molecular weight is 247 g/mol. The molecule has 3 rings (SSSR count). The van der Waals surface area contributed by atoms with Gasteiger partial charge in [0, 0.05) is 32.9 Å². The third kappa shape index (κ3) is 1.83. The lowest BCUT2D eigenvalue weighted by Gasteiger charge is -2.33. The summed E-state index contributed by atoms with van der Waals surface area (Å²) in [5.74, 6) is 0.926. The van der Waals surface area contributed by atoms with Gasteiger partial charge in [0.2, 0.25) is 0 Å². The average Bonchev–Trinajstić information content (AvgIpc) is 2.81. The SMILES string of the molecule is Cn1cnc2c(N3CCOC(CN)C3)nccc21. The van der Waals surface area contributed by atoms with Gasteiger partial charge in [-0.25, -0.2) is 9.97 Å². The van der Waals surface area contributed by atoms with Crippen molar-refractivity contribution in [1.82, 2.24) is 14.5 Å². The summed E-state index contributed by atoms with van der Waals surface area (Å²) in [6.45, 7) is 2.83. The first-order chi connectivity index (χ1) is 8.79. The highest BCUT2D eigenvalue weighted by Gasteiger charge is 2.22. The van der Waals surface area contributed by atoms with Crippen LogP contribution in [0.1, 0.15) is 0 Å². The fourth-order valence-electron chi connectivity index (χ4n) is 2.33. The van der Waals surface area contributed by atoms with Gasteiger partial charge in [0.25, 0.3) is 0 Å². The normalized spacial score (nSPS) is 20.6. The molecule has 0 radical (unpaired) electrons. The molecule has 6 heteroatoms. The van der Waals surface area contributed by atoms with Gasteiger partial charge in [-0.05, 0) is 6.07 Å². The van der Waals surface area contributed by atoms with E-state index in [0.717, 1.165) is 29.9 Å². The van der Waals surface area contributed by atoms with Crippen molar-refractivity contribution in [3.8, 4) is 0 Å². The minimum atomic E-state index is 0.0829. The van der Waals surface area contributed by atoms with Crippen LogP contribution in [-0.2, 0) is 11.8 Å². The van der Waals surface area contributed by atoms with Crippen LogP contribution in [0.25, 0.3) is 11.0 Å². The molecule has 2 aromatic heterocycles. The third-order valence-electron chi connectivity index (χ3n) is 3.32. The maximum atomic E-state index is 5.67. The van der Waals surface area contributed by atoms with E-state index in [4.69, 9.17) is 10.5 Å². The Kier molecular flexibility index (Phi) is 2.89. The van der Waals surface area contributed by atoms with E-state index in [0.29, 0.717) is 13.2 Å². The maximum Gasteiger partial charge on any atom is 0.156 e. The standard InChI is InChI=1S/C12H17N5O/c1-16-8-15-11-10(16)2-3-14-12(11)17-4-5-18-9(6-13)7-17/h2-3,8-9H,4-7,13H2,1H3. The summed E-state index contributed by atoms with van der Waals surface area (Å²) in [4.78, 5) is 11.1. The molecule has 1 unspecified atom stereocenters. The fourth-order valence-corrected chi connectivity index (χ4v) is 2.33. The first kappa shape index (κ1) is 11.4. The molecule has 2 aromatic rings. The second-order valence-corrected chi connectivity index (χ2v) is 4.53. The van der Waals surface area contributed by atoms with E-state index in [1.54, 1.807) is 0 Å². The van der Waals surface area contributed by atoms with E-state index in [1.165, 1.54) is 0 Å². The topological polar surface area (TPSA) is 69.2 Å². The second kappa shape index (κ2) is 4.55. The monoisotopic (exact) mass is 247 g/mol. The molecule has 0 amide bonds. The molecule has 18 heavy (non-hydrogen) atoms. The molecular formula is C12H17N5O. The first-order valence-corrected chi connectivity index (χ1v) is 6.12. The van der Waals surface area contributed by atoms with Gasteiger partial charge < -0.3 is 19.9 Å². The van der Waals surface area contributed by atoms with Gasteiger partial charge in [-0.1, -0.05) is 0 Å². The molecule has 1 atom stereocenters. The van der Waals surface area contributed by atoms with Crippen LogP contribution in [0.2, 0.25) is 0 Å². The smallest absolute Gasteiger partial charge is 0.156 e. The van der Waals surface area contributed by atoms with E-state index in [9.17, 15) is 0 Å². The lowest BCUT2D eigenvalue weighted by molar-refractivity contribution is 0.0464. The lowest BCUT2D eigenvalue weighted by Crippen LogP contribution is -2.46. The molecule has 1 fully saturated rings. The Bertz CT molecular complexity index is 552. The van der Waals surface area contributed by atoms with E-state index < -0.39 is 0 Å². The van der Waals surface area contributed by atoms with Gasteiger partial charge in [-0.3, -0.25) is 0 Å². The third-order valence-corrected chi connectivity index (χ3v) is 3.32. The number of anilines is 1. The van der Waals surface area contributed by atoms with Crippen LogP contribution in [0.3, 0.4) is 0 Å². The van der Waals surface area contributed by atoms with Crippen molar-refractivity contribution in [3.63, 3.8) is 0 Å². The number of imidazole rings is 1. The Balaban J connectivity index is 1.98. The van der Waals surface area contributed by atoms with Gasteiger partial charge in [-0.15, -0.1) is 0 Å². The largest absolute Gasteiger partial charge is 0.373 e. The van der Waals surface area contributed by atoms with Crippen LogP contribution in [0.5, 0.6) is 0 Å². The number of ether oxygens (including phenoxy) is 1. The van der Waals surface area contributed by atoms with Gasteiger partial charge in [0.15, 0.2) is 5.82 Å². The lowest BCUT2D eigenvalue weighted by atomic mass is 10.2. The molecular weight excluding hydrogens is 230 g/mol. The van der Waals surface area contributed by atoms with Crippen molar-refractivity contribution >= 4 is 16.9 Å². The van der Waals surface area contributed by atoms with Crippen molar-refractivity contribution in [2.45, 2.75) is 6.10 Å². The van der Waals surface area contributed by atoms with Crippen LogP contribution in [0, 0.1) is 0 Å². The molecule has 1 aliphatic rings. The molecule has 96 valence electrons. The summed E-state index contributed by atoms with van der Waals surface area (Å²) in [6.07, 6.45) is 3.72. The molecule has 0 bridgehead atoms. The number of hydrogen-bond acceptors (Lipinski definition) is 5. The maximum absolute atomic E-state index is 5.67. The van der Waals surface area contributed by atoms with Crippen LogP contribution in [-0.4, -0.2) is 46.9 Å². The predicted molar refractivity (Wildman–Crippen MR) is 69.5 cm³/mol. The molecule has 0 saturated carbocycles. The van der Waals surface area contributed by atoms with Crippen LogP contribution < -0.4 is 10.6 Å². The number of aryl methyl sites for hydroxylation is 1. The summed E-state index contributed by atoms with van der Waals surface area (Å²) in [7, 11) is 1.99. The van der Waals surface area contributed by atoms with Crippen LogP contribution in [0.15, 0.2) is 18.6 Å². The number of hydrogen-bond donors (Lipinski definition) is 1. The number of morpholine rings is 1. The van der Waals surface area contributed by atoms with Crippen LogP contribution >= 0.6 is 0 Å². The van der Waals surface area contributed by atoms with E-state index >= 15 is 0 Å². The van der Waals surface area contributed by atoms with E-state index in [2.05, 4.69) is 14.9 Å². The zero-order valence-electron chi connectivity index (χ0n) is 10.4. The van der Waals surface area contributed by atoms with Gasteiger partial charge in [0.05, 0.1) is 24.6 Å². The van der Waals surface area contributed by atoms with Gasteiger partial charge in [0.1, 0.15) is 5.52 Å². The Morgan fingerprint density at radius 1 is 1.50 bits per heavy atom. The molecule has 6 nitrogen and oxygen atoms in total. The molecule has 2 N–H and O–H groups in total. The highest BCUT2D eigenvalue weighted by Crippen LogP contribution is 2.23. The molecule has 0 aromatic carbocycles. The Hall–Kier alpha value is -1.66. The minimum Gasteiger partial charge on any atom is -0.373 e. The zero-order chi connectivity index (χ0) is 12.5. The van der Waals surface area contributed by atoms with Crippen LogP contribution in [0.4, 0.5) is 5.82 Å². The predicted octanol–water partition coefficient (Wildman–Crippen LogP) is 0.132. The molecule has 1 aliphatic heterocycles. The summed E-state index contributed by atoms with van der Waals surface area (Å²) in [6, 6.07) is 1.98. The summed E-state index contributed by atoms with van der Waals surface area (Å²) < 4.78 is 7.58. The van der Waals surface area contributed by atoms with Crippen molar-refractivity contribution in [2.75, 3.05) is 31.1 Å². The summed E-state index contributed by atoms with van der Waals surface area (Å²) in [5.41, 5.74) is 7.70. The Morgan fingerprint density at radius 2 is 2.39 bits per heavy atom.